The molecule has 0 unspecified atom stereocenters. The highest BCUT2D eigenvalue weighted by Gasteiger charge is 2.03. The molecule has 1 aromatic heterocycles. The van der Waals surface area contributed by atoms with Gasteiger partial charge in [-0.25, -0.2) is 0 Å². The van der Waals surface area contributed by atoms with E-state index in [-0.39, 0.29) is 0 Å². The Morgan fingerprint density at radius 3 is 2.88 bits per heavy atom. The summed E-state index contributed by atoms with van der Waals surface area (Å²) in [5.74, 6) is 1.70. The summed E-state index contributed by atoms with van der Waals surface area (Å²) in [6.07, 6.45) is 4.19. The lowest BCUT2D eigenvalue weighted by Gasteiger charge is -2.06. The van der Waals surface area contributed by atoms with Crippen LogP contribution in [0, 0.1) is 6.92 Å². The van der Waals surface area contributed by atoms with Gasteiger partial charge in [0.2, 0.25) is 0 Å². The standard InChI is InChI=1S/C14H15NO2/c1-11-5-3-7-13(16-2)14(11)15-9-8-12-6-4-10-17-12/h3-7,9-10H,8H2,1-2H3. The molecule has 2 rings (SSSR count). The van der Waals surface area contributed by atoms with E-state index in [0.29, 0.717) is 6.42 Å². The number of hydrogen-bond acceptors (Lipinski definition) is 3. The molecule has 0 bridgehead atoms. The van der Waals surface area contributed by atoms with Gasteiger partial charge in [0.1, 0.15) is 17.2 Å². The number of benzene rings is 1. The van der Waals surface area contributed by atoms with Gasteiger partial charge < -0.3 is 9.15 Å². The highest BCUT2D eigenvalue weighted by atomic mass is 16.5. The van der Waals surface area contributed by atoms with Crippen LogP contribution in [0.25, 0.3) is 0 Å². The molecule has 2 aromatic rings. The predicted octanol–water partition coefficient (Wildman–Crippen LogP) is 3.54. The van der Waals surface area contributed by atoms with Crippen LogP contribution in [-0.4, -0.2) is 13.3 Å². The highest BCUT2D eigenvalue weighted by molar-refractivity contribution is 5.70. The van der Waals surface area contributed by atoms with E-state index >= 15 is 0 Å². The normalized spacial score (nSPS) is 10.9. The number of methoxy groups -OCH3 is 1. The van der Waals surface area contributed by atoms with Gasteiger partial charge in [-0.1, -0.05) is 12.1 Å². The second-order valence-corrected chi connectivity index (χ2v) is 3.72. The number of ether oxygens (including phenoxy) is 1. The first-order valence-electron chi connectivity index (χ1n) is 5.50. The van der Waals surface area contributed by atoms with E-state index in [1.54, 1.807) is 13.4 Å². The Hall–Kier alpha value is -2.03. The summed E-state index contributed by atoms with van der Waals surface area (Å²) in [5, 5.41) is 0. The Labute approximate surface area is 101 Å². The summed E-state index contributed by atoms with van der Waals surface area (Å²) in [7, 11) is 1.65. The molecule has 3 nitrogen and oxygen atoms in total. The zero-order chi connectivity index (χ0) is 12.1. The predicted molar refractivity (Wildman–Crippen MR) is 68.3 cm³/mol. The molecule has 0 aliphatic heterocycles. The molecule has 0 saturated carbocycles. The third-order valence-electron chi connectivity index (χ3n) is 2.51. The maximum absolute atomic E-state index is 5.28. The Balaban J connectivity index is 2.15. The van der Waals surface area contributed by atoms with Crippen molar-refractivity contribution in [3.8, 4) is 5.75 Å². The molecule has 1 aromatic carbocycles. The van der Waals surface area contributed by atoms with E-state index in [0.717, 1.165) is 22.8 Å². The number of para-hydroxylation sites is 1. The van der Waals surface area contributed by atoms with Crippen molar-refractivity contribution in [3.63, 3.8) is 0 Å². The second kappa shape index (κ2) is 5.34. The van der Waals surface area contributed by atoms with Crippen LogP contribution in [0.3, 0.4) is 0 Å². The summed E-state index contributed by atoms with van der Waals surface area (Å²) in [5.41, 5.74) is 1.97. The van der Waals surface area contributed by atoms with E-state index in [2.05, 4.69) is 4.99 Å². The smallest absolute Gasteiger partial charge is 0.144 e. The first-order valence-corrected chi connectivity index (χ1v) is 5.50. The fourth-order valence-corrected chi connectivity index (χ4v) is 1.62. The largest absolute Gasteiger partial charge is 0.494 e. The highest BCUT2D eigenvalue weighted by Crippen LogP contribution is 2.30. The van der Waals surface area contributed by atoms with E-state index in [1.165, 1.54) is 0 Å². The zero-order valence-electron chi connectivity index (χ0n) is 10.0. The van der Waals surface area contributed by atoms with Gasteiger partial charge in [0, 0.05) is 12.6 Å². The lowest BCUT2D eigenvalue weighted by Crippen LogP contribution is -1.87. The molecule has 0 aliphatic rings. The van der Waals surface area contributed by atoms with Crippen molar-refractivity contribution in [1.29, 1.82) is 0 Å². The monoisotopic (exact) mass is 229 g/mol. The van der Waals surface area contributed by atoms with Crippen molar-refractivity contribution in [3.05, 3.63) is 47.9 Å². The van der Waals surface area contributed by atoms with Crippen molar-refractivity contribution >= 4 is 11.9 Å². The Kier molecular flexibility index (Phi) is 3.60. The van der Waals surface area contributed by atoms with E-state index < -0.39 is 0 Å². The van der Waals surface area contributed by atoms with Crippen LogP contribution >= 0.6 is 0 Å². The molecule has 1 heterocycles. The molecular weight excluding hydrogens is 214 g/mol. The number of aryl methyl sites for hydroxylation is 1. The van der Waals surface area contributed by atoms with Crippen molar-refractivity contribution in [2.24, 2.45) is 4.99 Å². The molecule has 0 saturated heterocycles. The van der Waals surface area contributed by atoms with Crippen LogP contribution in [0.2, 0.25) is 0 Å². The number of hydrogen-bond donors (Lipinski definition) is 0. The lowest BCUT2D eigenvalue weighted by molar-refractivity contribution is 0.416. The van der Waals surface area contributed by atoms with Crippen LogP contribution in [0.5, 0.6) is 5.75 Å². The van der Waals surface area contributed by atoms with Gasteiger partial charge >= 0.3 is 0 Å². The van der Waals surface area contributed by atoms with Crippen molar-refractivity contribution in [1.82, 2.24) is 0 Å². The summed E-state index contributed by atoms with van der Waals surface area (Å²) in [6, 6.07) is 9.69. The van der Waals surface area contributed by atoms with Crippen molar-refractivity contribution in [2.45, 2.75) is 13.3 Å². The van der Waals surface area contributed by atoms with E-state index in [4.69, 9.17) is 9.15 Å². The maximum atomic E-state index is 5.28. The fourth-order valence-electron chi connectivity index (χ4n) is 1.62. The maximum Gasteiger partial charge on any atom is 0.144 e. The van der Waals surface area contributed by atoms with Crippen LogP contribution in [0.1, 0.15) is 11.3 Å². The molecule has 3 heteroatoms. The van der Waals surface area contributed by atoms with E-state index in [9.17, 15) is 0 Å². The molecule has 0 N–H and O–H groups in total. The second-order valence-electron chi connectivity index (χ2n) is 3.72. The third-order valence-corrected chi connectivity index (χ3v) is 2.51. The van der Waals surface area contributed by atoms with Crippen LogP contribution < -0.4 is 4.74 Å². The molecule has 88 valence electrons. The minimum absolute atomic E-state index is 0.685. The molecule has 0 amide bonds. The summed E-state index contributed by atoms with van der Waals surface area (Å²) >= 11 is 0. The van der Waals surface area contributed by atoms with Gasteiger partial charge in [0.05, 0.1) is 13.4 Å². The number of rotatable bonds is 4. The van der Waals surface area contributed by atoms with Gasteiger partial charge in [0.15, 0.2) is 0 Å². The SMILES string of the molecule is COc1cccc(C)c1N=CCc1ccco1. The molecular formula is C14H15NO2. The number of furan rings is 1. The van der Waals surface area contributed by atoms with Gasteiger partial charge in [-0.2, -0.15) is 0 Å². The number of nitrogens with zero attached hydrogens (tertiary/aromatic N) is 1. The average Bonchev–Trinajstić information content (AvgIpc) is 2.84. The van der Waals surface area contributed by atoms with Crippen molar-refractivity contribution in [2.75, 3.05) is 7.11 Å². The molecule has 0 aliphatic carbocycles. The minimum Gasteiger partial charge on any atom is -0.494 e. The fraction of sp³-hybridized carbons (Fsp3) is 0.214. The first kappa shape index (κ1) is 11.5. The molecule has 0 spiro atoms. The summed E-state index contributed by atoms with van der Waals surface area (Å²) in [4.78, 5) is 4.44. The van der Waals surface area contributed by atoms with Crippen LogP contribution in [-0.2, 0) is 6.42 Å². The Morgan fingerprint density at radius 2 is 2.18 bits per heavy atom. The molecule has 0 atom stereocenters. The molecule has 0 fully saturated rings. The van der Waals surface area contributed by atoms with E-state index in [1.807, 2.05) is 43.5 Å². The summed E-state index contributed by atoms with van der Waals surface area (Å²) in [6.45, 7) is 2.02. The Morgan fingerprint density at radius 1 is 1.29 bits per heavy atom. The molecule has 17 heavy (non-hydrogen) atoms. The minimum atomic E-state index is 0.685. The first-order chi connectivity index (χ1) is 8.31. The summed E-state index contributed by atoms with van der Waals surface area (Å²) < 4.78 is 10.5. The average molecular weight is 229 g/mol. The van der Waals surface area contributed by atoms with Gasteiger partial charge in [-0.15, -0.1) is 0 Å². The quantitative estimate of drug-likeness (QED) is 0.751. The van der Waals surface area contributed by atoms with Crippen LogP contribution in [0.15, 0.2) is 46.0 Å². The van der Waals surface area contributed by atoms with Gasteiger partial charge in [0.25, 0.3) is 0 Å². The number of aliphatic imine (C=N–C) groups is 1. The lowest BCUT2D eigenvalue weighted by atomic mass is 10.2. The third kappa shape index (κ3) is 2.75. The zero-order valence-corrected chi connectivity index (χ0v) is 10.0. The Bertz CT molecular complexity index is 501. The van der Waals surface area contributed by atoms with Gasteiger partial charge in [-0.05, 0) is 30.7 Å². The van der Waals surface area contributed by atoms with Crippen LogP contribution in [0.4, 0.5) is 5.69 Å². The van der Waals surface area contributed by atoms with Crippen molar-refractivity contribution < 1.29 is 9.15 Å². The topological polar surface area (TPSA) is 34.7 Å². The molecule has 0 radical (unpaired) electrons. The van der Waals surface area contributed by atoms with Gasteiger partial charge in [-0.3, -0.25) is 4.99 Å².